The first-order valence-corrected chi connectivity index (χ1v) is 8.82. The molecule has 1 aliphatic heterocycles. The van der Waals surface area contributed by atoms with E-state index >= 15 is 0 Å². The first kappa shape index (κ1) is 11.0. The maximum atomic E-state index is 5.88. The Balaban J connectivity index is 2.68. The number of rotatable bonds is 3. The predicted octanol–water partition coefficient (Wildman–Crippen LogP) is 3.38. The van der Waals surface area contributed by atoms with Gasteiger partial charge in [-0.2, -0.15) is 0 Å². The third-order valence-corrected chi connectivity index (χ3v) is 4.93. The standard InChI is InChI=1S/C11H22OSi/c1-6-7-10-8-11(9(2)12-10)13(3,4)5/h8-10H,6-7H2,1-5H3. The van der Waals surface area contributed by atoms with Crippen LogP contribution in [0.1, 0.15) is 26.7 Å². The lowest BCUT2D eigenvalue weighted by Crippen LogP contribution is -2.29. The molecule has 0 amide bonds. The minimum atomic E-state index is -1.12. The van der Waals surface area contributed by atoms with Crippen LogP contribution in [-0.4, -0.2) is 20.3 Å². The van der Waals surface area contributed by atoms with E-state index in [1.165, 1.54) is 12.8 Å². The highest BCUT2D eigenvalue weighted by atomic mass is 28.3. The van der Waals surface area contributed by atoms with Crippen LogP contribution in [0.25, 0.3) is 0 Å². The monoisotopic (exact) mass is 198 g/mol. The lowest BCUT2D eigenvalue weighted by atomic mass is 10.2. The molecule has 0 aromatic heterocycles. The van der Waals surface area contributed by atoms with Gasteiger partial charge < -0.3 is 4.74 Å². The van der Waals surface area contributed by atoms with E-state index < -0.39 is 8.07 Å². The van der Waals surface area contributed by atoms with Crippen molar-refractivity contribution in [3.63, 3.8) is 0 Å². The van der Waals surface area contributed by atoms with Gasteiger partial charge in [-0.15, -0.1) is 0 Å². The van der Waals surface area contributed by atoms with E-state index in [0.29, 0.717) is 12.2 Å². The zero-order valence-corrected chi connectivity index (χ0v) is 10.6. The van der Waals surface area contributed by atoms with Crippen LogP contribution in [0, 0.1) is 0 Å². The van der Waals surface area contributed by atoms with Crippen molar-refractivity contribution in [2.75, 3.05) is 0 Å². The summed E-state index contributed by atoms with van der Waals surface area (Å²) in [5.74, 6) is 0. The summed E-state index contributed by atoms with van der Waals surface area (Å²) < 4.78 is 5.88. The Labute approximate surface area is 83.2 Å². The fourth-order valence-corrected chi connectivity index (χ4v) is 3.98. The molecule has 76 valence electrons. The van der Waals surface area contributed by atoms with Gasteiger partial charge in [-0.25, -0.2) is 0 Å². The third-order valence-electron chi connectivity index (χ3n) is 2.62. The predicted molar refractivity (Wildman–Crippen MR) is 60.7 cm³/mol. The van der Waals surface area contributed by atoms with Crippen molar-refractivity contribution in [3.05, 3.63) is 11.3 Å². The summed E-state index contributed by atoms with van der Waals surface area (Å²) in [5.41, 5.74) is 0. The average Bonchev–Trinajstić information content (AvgIpc) is 2.30. The van der Waals surface area contributed by atoms with Crippen molar-refractivity contribution in [2.24, 2.45) is 0 Å². The first-order valence-electron chi connectivity index (χ1n) is 5.32. The van der Waals surface area contributed by atoms with Crippen LogP contribution < -0.4 is 0 Å². The van der Waals surface area contributed by atoms with Crippen LogP contribution in [-0.2, 0) is 4.74 Å². The van der Waals surface area contributed by atoms with E-state index in [1.54, 1.807) is 5.20 Å². The van der Waals surface area contributed by atoms with Gasteiger partial charge in [0, 0.05) is 0 Å². The van der Waals surface area contributed by atoms with Crippen molar-refractivity contribution in [1.82, 2.24) is 0 Å². The zero-order valence-electron chi connectivity index (χ0n) is 9.55. The summed E-state index contributed by atoms with van der Waals surface area (Å²) >= 11 is 0. The maximum absolute atomic E-state index is 5.88. The van der Waals surface area contributed by atoms with E-state index in [1.807, 2.05) is 0 Å². The summed E-state index contributed by atoms with van der Waals surface area (Å²) in [6.45, 7) is 11.6. The van der Waals surface area contributed by atoms with Crippen molar-refractivity contribution in [3.8, 4) is 0 Å². The topological polar surface area (TPSA) is 9.23 Å². The minimum Gasteiger partial charge on any atom is -0.367 e. The number of ether oxygens (including phenoxy) is 1. The Morgan fingerprint density at radius 3 is 2.38 bits per heavy atom. The van der Waals surface area contributed by atoms with Crippen LogP contribution in [0.3, 0.4) is 0 Å². The fraction of sp³-hybridized carbons (Fsp3) is 0.818. The molecule has 2 atom stereocenters. The summed E-state index contributed by atoms with van der Waals surface area (Å²) in [5, 5.41) is 1.60. The molecule has 1 nitrogen and oxygen atoms in total. The van der Waals surface area contributed by atoms with Crippen LogP contribution in [0.5, 0.6) is 0 Å². The summed E-state index contributed by atoms with van der Waals surface area (Å²) in [6, 6.07) is 0. The maximum Gasteiger partial charge on any atom is 0.0763 e. The van der Waals surface area contributed by atoms with Gasteiger partial charge in [0.25, 0.3) is 0 Å². The molecule has 0 aromatic rings. The first-order chi connectivity index (χ1) is 5.95. The van der Waals surface area contributed by atoms with Crippen molar-refractivity contribution in [1.29, 1.82) is 0 Å². The quantitative estimate of drug-likeness (QED) is 0.632. The highest BCUT2D eigenvalue weighted by Gasteiger charge is 2.31. The van der Waals surface area contributed by atoms with Crippen LogP contribution in [0.2, 0.25) is 19.6 Å². The molecule has 2 unspecified atom stereocenters. The van der Waals surface area contributed by atoms with Gasteiger partial charge >= 0.3 is 0 Å². The Bertz CT molecular complexity index is 203. The Morgan fingerprint density at radius 1 is 1.38 bits per heavy atom. The molecule has 1 rings (SSSR count). The summed E-state index contributed by atoms with van der Waals surface area (Å²) in [7, 11) is -1.12. The van der Waals surface area contributed by atoms with Crippen molar-refractivity contribution >= 4 is 8.07 Å². The van der Waals surface area contributed by atoms with Gasteiger partial charge in [0.1, 0.15) is 0 Å². The minimum absolute atomic E-state index is 0.378. The van der Waals surface area contributed by atoms with E-state index in [9.17, 15) is 0 Å². The van der Waals surface area contributed by atoms with Gasteiger partial charge in [-0.3, -0.25) is 0 Å². The second kappa shape index (κ2) is 3.97. The fourth-order valence-electron chi connectivity index (χ4n) is 2.01. The van der Waals surface area contributed by atoms with Crippen LogP contribution in [0.15, 0.2) is 11.3 Å². The van der Waals surface area contributed by atoms with E-state index in [0.717, 1.165) is 0 Å². The van der Waals surface area contributed by atoms with Gasteiger partial charge in [0.2, 0.25) is 0 Å². The molecule has 0 saturated heterocycles. The number of hydrogen-bond acceptors (Lipinski definition) is 1. The second-order valence-electron chi connectivity index (χ2n) is 4.98. The lowest BCUT2D eigenvalue weighted by Gasteiger charge is -2.21. The molecule has 0 aliphatic carbocycles. The third kappa shape index (κ3) is 2.68. The van der Waals surface area contributed by atoms with Crippen molar-refractivity contribution < 1.29 is 4.74 Å². The largest absolute Gasteiger partial charge is 0.367 e. The molecule has 0 spiro atoms. The van der Waals surface area contributed by atoms with E-state index in [2.05, 4.69) is 39.6 Å². The molecule has 0 radical (unpaired) electrons. The highest BCUT2D eigenvalue weighted by molar-refractivity contribution is 6.83. The molecule has 0 saturated carbocycles. The normalized spacial score (nSPS) is 29.2. The second-order valence-corrected chi connectivity index (χ2v) is 10.1. The molecule has 0 fully saturated rings. The Hall–Kier alpha value is -0.0831. The molecule has 0 bridgehead atoms. The van der Waals surface area contributed by atoms with Crippen LogP contribution in [0.4, 0.5) is 0 Å². The van der Waals surface area contributed by atoms with Gasteiger partial charge in [0.05, 0.1) is 20.3 Å². The highest BCUT2D eigenvalue weighted by Crippen LogP contribution is 2.29. The zero-order chi connectivity index (χ0) is 10.1. The molecule has 1 heterocycles. The van der Waals surface area contributed by atoms with E-state index in [-0.39, 0.29) is 0 Å². The SMILES string of the molecule is CCCC1C=C([Si](C)(C)C)C(C)O1. The summed E-state index contributed by atoms with van der Waals surface area (Å²) in [4.78, 5) is 0. The molecule has 13 heavy (non-hydrogen) atoms. The smallest absolute Gasteiger partial charge is 0.0763 e. The molecular weight excluding hydrogens is 176 g/mol. The Kier molecular flexibility index (Phi) is 3.36. The van der Waals surface area contributed by atoms with E-state index in [4.69, 9.17) is 4.74 Å². The molecule has 0 aromatic carbocycles. The molecular formula is C11H22OSi. The number of hydrogen-bond donors (Lipinski definition) is 0. The van der Waals surface area contributed by atoms with Crippen LogP contribution >= 0.6 is 0 Å². The Morgan fingerprint density at radius 2 is 2.00 bits per heavy atom. The van der Waals surface area contributed by atoms with Crippen molar-refractivity contribution in [2.45, 2.75) is 58.5 Å². The summed E-state index contributed by atoms with van der Waals surface area (Å²) in [6.07, 6.45) is 5.57. The molecule has 1 aliphatic rings. The molecule has 2 heteroatoms. The van der Waals surface area contributed by atoms with Gasteiger partial charge in [0.15, 0.2) is 0 Å². The van der Waals surface area contributed by atoms with Gasteiger partial charge in [-0.05, 0) is 13.3 Å². The lowest BCUT2D eigenvalue weighted by molar-refractivity contribution is 0.0643. The van der Waals surface area contributed by atoms with Gasteiger partial charge in [-0.1, -0.05) is 44.3 Å². The molecule has 0 N–H and O–H groups in total. The average molecular weight is 198 g/mol.